The molecule has 19 heavy (non-hydrogen) atoms. The number of halogens is 1. The fraction of sp³-hybridized carbons (Fsp3) is 0.312. The van der Waals surface area contributed by atoms with Crippen molar-refractivity contribution in [2.24, 2.45) is 5.92 Å². The van der Waals surface area contributed by atoms with E-state index in [0.29, 0.717) is 22.6 Å². The van der Waals surface area contributed by atoms with Gasteiger partial charge in [-0.15, -0.1) is 0 Å². The van der Waals surface area contributed by atoms with Crippen LogP contribution in [0.15, 0.2) is 40.3 Å². The van der Waals surface area contributed by atoms with Gasteiger partial charge in [0.1, 0.15) is 11.4 Å². The van der Waals surface area contributed by atoms with Crippen molar-refractivity contribution >= 4 is 16.8 Å². The van der Waals surface area contributed by atoms with Gasteiger partial charge in [0.2, 0.25) is 5.78 Å². The maximum absolute atomic E-state index is 13.1. The van der Waals surface area contributed by atoms with Gasteiger partial charge >= 0.3 is 0 Å². The molecule has 3 heteroatoms. The summed E-state index contributed by atoms with van der Waals surface area (Å²) in [4.78, 5) is 12.3. The van der Waals surface area contributed by atoms with Crippen LogP contribution in [0.3, 0.4) is 0 Å². The van der Waals surface area contributed by atoms with Crippen LogP contribution >= 0.6 is 0 Å². The van der Waals surface area contributed by atoms with Crippen LogP contribution in [0.2, 0.25) is 0 Å². The lowest BCUT2D eigenvalue weighted by atomic mass is 9.89. The molecule has 3 rings (SSSR count). The van der Waals surface area contributed by atoms with E-state index >= 15 is 0 Å². The smallest absolute Gasteiger partial charge is 0.223 e. The molecule has 1 aromatic carbocycles. The third-order valence-corrected chi connectivity index (χ3v) is 3.67. The summed E-state index contributed by atoms with van der Waals surface area (Å²) in [5.74, 6) is 0.559. The van der Waals surface area contributed by atoms with Gasteiger partial charge in [-0.25, -0.2) is 4.39 Å². The molecule has 98 valence electrons. The molecule has 0 spiro atoms. The second-order valence-corrected chi connectivity index (χ2v) is 5.23. The fourth-order valence-electron chi connectivity index (χ4n) is 2.46. The van der Waals surface area contributed by atoms with Crippen LogP contribution < -0.4 is 0 Å². The summed E-state index contributed by atoms with van der Waals surface area (Å²) in [5, 5.41) is 0.633. The number of hydrogen-bond acceptors (Lipinski definition) is 2. The van der Waals surface area contributed by atoms with Crippen molar-refractivity contribution in [2.45, 2.75) is 26.2 Å². The Labute approximate surface area is 110 Å². The quantitative estimate of drug-likeness (QED) is 0.742. The average Bonchev–Trinajstić information content (AvgIpc) is 2.81. The molecule has 0 amide bonds. The first kappa shape index (κ1) is 12.2. The Morgan fingerprint density at radius 2 is 2.21 bits per heavy atom. The molecule has 0 radical (unpaired) electrons. The first-order valence-electron chi connectivity index (χ1n) is 6.56. The molecule has 1 unspecified atom stereocenters. The number of ketones is 1. The van der Waals surface area contributed by atoms with Crippen molar-refractivity contribution in [3.8, 4) is 0 Å². The number of carbonyl (C=O) groups excluding carboxylic acids is 1. The number of fused-ring (bicyclic) bond motifs is 1. The first-order chi connectivity index (χ1) is 9.13. The average molecular weight is 258 g/mol. The predicted molar refractivity (Wildman–Crippen MR) is 71.6 cm³/mol. The molecular weight excluding hydrogens is 243 g/mol. The highest BCUT2D eigenvalue weighted by molar-refractivity contribution is 6.08. The van der Waals surface area contributed by atoms with Gasteiger partial charge in [0, 0.05) is 5.39 Å². The van der Waals surface area contributed by atoms with Gasteiger partial charge in [0.05, 0.1) is 0 Å². The Bertz CT molecular complexity index is 666. The summed E-state index contributed by atoms with van der Waals surface area (Å²) in [5.41, 5.74) is 1.37. The molecule has 0 N–H and O–H groups in total. The minimum absolute atomic E-state index is 0.0662. The zero-order chi connectivity index (χ0) is 13.4. The number of rotatable bonds is 2. The molecule has 1 aromatic heterocycles. The molecule has 1 aliphatic rings. The molecule has 0 fully saturated rings. The van der Waals surface area contributed by atoms with Crippen LogP contribution in [0.5, 0.6) is 0 Å². The Balaban J connectivity index is 1.93. The van der Waals surface area contributed by atoms with Gasteiger partial charge in [-0.2, -0.15) is 0 Å². The normalized spacial score (nSPS) is 19.5. The summed E-state index contributed by atoms with van der Waals surface area (Å²) in [6.07, 6.45) is 4.78. The predicted octanol–water partition coefficient (Wildman–Crippen LogP) is 4.50. The molecule has 0 saturated heterocycles. The second kappa shape index (κ2) is 4.65. The van der Waals surface area contributed by atoms with Crippen molar-refractivity contribution in [3.63, 3.8) is 0 Å². The van der Waals surface area contributed by atoms with Gasteiger partial charge < -0.3 is 4.42 Å². The van der Waals surface area contributed by atoms with Crippen molar-refractivity contribution in [2.75, 3.05) is 0 Å². The Kier molecular flexibility index (Phi) is 2.97. The summed E-state index contributed by atoms with van der Waals surface area (Å²) in [6, 6.07) is 5.90. The summed E-state index contributed by atoms with van der Waals surface area (Å²) < 4.78 is 18.6. The van der Waals surface area contributed by atoms with E-state index in [9.17, 15) is 9.18 Å². The molecule has 1 aliphatic carbocycles. The maximum Gasteiger partial charge on any atom is 0.223 e. The standard InChI is InChI=1S/C16H15FO2/c1-10-2-4-11(5-3-10)16(18)15-9-12-8-13(17)6-7-14(12)19-15/h4,6-10H,2-3,5H2,1H3. The van der Waals surface area contributed by atoms with E-state index < -0.39 is 0 Å². The van der Waals surface area contributed by atoms with E-state index in [1.165, 1.54) is 12.1 Å². The third-order valence-electron chi connectivity index (χ3n) is 3.67. The summed E-state index contributed by atoms with van der Waals surface area (Å²) >= 11 is 0. The van der Waals surface area contributed by atoms with Gasteiger partial charge in [0.25, 0.3) is 0 Å². The molecule has 1 atom stereocenters. The first-order valence-corrected chi connectivity index (χ1v) is 6.56. The van der Waals surface area contributed by atoms with E-state index in [0.717, 1.165) is 24.8 Å². The van der Waals surface area contributed by atoms with Gasteiger partial charge in [-0.3, -0.25) is 4.79 Å². The van der Waals surface area contributed by atoms with Gasteiger partial charge in [-0.1, -0.05) is 13.0 Å². The molecule has 2 aromatic rings. The van der Waals surface area contributed by atoms with Crippen LogP contribution in [0.25, 0.3) is 11.0 Å². The molecule has 1 heterocycles. The molecule has 2 nitrogen and oxygen atoms in total. The van der Waals surface area contributed by atoms with Crippen molar-refractivity contribution in [3.05, 3.63) is 47.5 Å². The topological polar surface area (TPSA) is 30.2 Å². The van der Waals surface area contributed by atoms with E-state index in [2.05, 4.69) is 6.92 Å². The van der Waals surface area contributed by atoms with Crippen molar-refractivity contribution in [1.29, 1.82) is 0 Å². The van der Waals surface area contributed by atoms with Crippen LogP contribution in [-0.2, 0) is 0 Å². The highest BCUT2D eigenvalue weighted by atomic mass is 19.1. The van der Waals surface area contributed by atoms with Gasteiger partial charge in [0.15, 0.2) is 5.76 Å². The molecule has 0 aliphatic heterocycles. The number of hydrogen-bond donors (Lipinski definition) is 0. The number of carbonyl (C=O) groups is 1. The third kappa shape index (κ3) is 2.33. The van der Waals surface area contributed by atoms with E-state index in [4.69, 9.17) is 4.42 Å². The highest BCUT2D eigenvalue weighted by Crippen LogP contribution is 2.28. The second-order valence-electron chi connectivity index (χ2n) is 5.23. The SMILES string of the molecule is CC1CC=C(C(=O)c2cc3cc(F)ccc3o2)CC1. The molecular formula is C16H15FO2. The Hall–Kier alpha value is -1.90. The minimum Gasteiger partial charge on any atom is -0.453 e. The number of Topliss-reactive ketones (excluding diaryl/α,β-unsaturated/α-hetero) is 1. The lowest BCUT2D eigenvalue weighted by Crippen LogP contribution is -2.09. The Morgan fingerprint density at radius 3 is 2.95 bits per heavy atom. The van der Waals surface area contributed by atoms with E-state index in [1.807, 2.05) is 6.08 Å². The van der Waals surface area contributed by atoms with Gasteiger partial charge in [-0.05, 0) is 55.0 Å². The lowest BCUT2D eigenvalue weighted by Gasteiger charge is -2.16. The molecule has 0 bridgehead atoms. The number of allylic oxidation sites excluding steroid dienone is 2. The van der Waals surface area contributed by atoms with Crippen LogP contribution in [0, 0.1) is 11.7 Å². The zero-order valence-corrected chi connectivity index (χ0v) is 10.8. The largest absolute Gasteiger partial charge is 0.453 e. The summed E-state index contributed by atoms with van der Waals surface area (Å²) in [6.45, 7) is 2.18. The monoisotopic (exact) mass is 258 g/mol. The fourth-order valence-corrected chi connectivity index (χ4v) is 2.46. The van der Waals surface area contributed by atoms with Crippen LogP contribution in [0.4, 0.5) is 4.39 Å². The molecule has 0 saturated carbocycles. The minimum atomic E-state index is -0.321. The zero-order valence-electron chi connectivity index (χ0n) is 10.8. The van der Waals surface area contributed by atoms with Crippen LogP contribution in [-0.4, -0.2) is 5.78 Å². The summed E-state index contributed by atoms with van der Waals surface area (Å²) in [7, 11) is 0. The highest BCUT2D eigenvalue weighted by Gasteiger charge is 2.20. The van der Waals surface area contributed by atoms with E-state index in [1.54, 1.807) is 12.1 Å². The van der Waals surface area contributed by atoms with Crippen molar-refractivity contribution in [1.82, 2.24) is 0 Å². The van der Waals surface area contributed by atoms with Crippen LogP contribution in [0.1, 0.15) is 36.7 Å². The van der Waals surface area contributed by atoms with E-state index in [-0.39, 0.29) is 11.6 Å². The number of benzene rings is 1. The Morgan fingerprint density at radius 1 is 1.37 bits per heavy atom. The maximum atomic E-state index is 13.1. The van der Waals surface area contributed by atoms with Crippen molar-refractivity contribution < 1.29 is 13.6 Å². The number of furan rings is 1. The lowest BCUT2D eigenvalue weighted by molar-refractivity contribution is 0.0999.